The lowest BCUT2D eigenvalue weighted by Crippen LogP contribution is -2.70. The number of esters is 3. The molecule has 5 rings (SSSR count). The molecule has 2 aromatic rings. The van der Waals surface area contributed by atoms with Gasteiger partial charge in [0.1, 0.15) is 23.9 Å². The lowest BCUT2D eigenvalue weighted by atomic mass is 9.49. The van der Waals surface area contributed by atoms with Crippen molar-refractivity contribution < 1.29 is 33.3 Å². The Morgan fingerprint density at radius 1 is 0.816 bits per heavy atom. The molecule has 1 heterocycles. The van der Waals surface area contributed by atoms with Gasteiger partial charge in [-0.3, -0.25) is 4.79 Å². The molecule has 7 heteroatoms. The summed E-state index contributed by atoms with van der Waals surface area (Å²) in [7, 11) is 0. The van der Waals surface area contributed by atoms with Crippen LogP contribution in [0.2, 0.25) is 0 Å². The van der Waals surface area contributed by atoms with E-state index in [1.807, 2.05) is 32.9 Å². The minimum atomic E-state index is -0.942. The van der Waals surface area contributed by atoms with E-state index in [1.165, 1.54) is 6.92 Å². The molecule has 3 aliphatic rings. The second-order valence-corrected chi connectivity index (χ2v) is 11.8. The second kappa shape index (κ2) is 9.53. The van der Waals surface area contributed by atoms with Crippen molar-refractivity contribution in [2.24, 2.45) is 17.3 Å². The van der Waals surface area contributed by atoms with Gasteiger partial charge in [-0.2, -0.15) is 0 Å². The first-order chi connectivity index (χ1) is 18.0. The highest BCUT2D eigenvalue weighted by Gasteiger charge is 2.77. The molecule has 202 valence electrons. The predicted octanol–water partition coefficient (Wildman–Crippen LogP) is 5.37. The lowest BCUT2D eigenvalue weighted by molar-refractivity contribution is -0.264. The first kappa shape index (κ1) is 26.4. The van der Waals surface area contributed by atoms with Crippen LogP contribution in [-0.4, -0.2) is 47.4 Å². The Morgan fingerprint density at radius 2 is 1.37 bits per heavy atom. The van der Waals surface area contributed by atoms with Crippen LogP contribution in [0.15, 0.2) is 60.7 Å². The summed E-state index contributed by atoms with van der Waals surface area (Å²) in [5.41, 5.74) is -1.43. The van der Waals surface area contributed by atoms with Gasteiger partial charge in [0.2, 0.25) is 0 Å². The van der Waals surface area contributed by atoms with E-state index < -0.39 is 40.8 Å². The number of benzene rings is 2. The van der Waals surface area contributed by atoms with Gasteiger partial charge in [-0.05, 0) is 63.3 Å². The van der Waals surface area contributed by atoms with Crippen LogP contribution in [0.5, 0.6) is 0 Å². The largest absolute Gasteiger partial charge is 0.463 e. The quantitative estimate of drug-likeness (QED) is 0.387. The third-order valence-electron chi connectivity index (χ3n) is 9.02. The fourth-order valence-corrected chi connectivity index (χ4v) is 7.39. The van der Waals surface area contributed by atoms with Gasteiger partial charge in [0.15, 0.2) is 0 Å². The number of hydrogen-bond donors (Lipinski definition) is 0. The topological polar surface area (TPSA) is 88.1 Å². The van der Waals surface area contributed by atoms with Crippen molar-refractivity contribution >= 4 is 17.9 Å². The zero-order chi connectivity index (χ0) is 27.3. The molecule has 38 heavy (non-hydrogen) atoms. The molecule has 1 spiro atoms. The van der Waals surface area contributed by atoms with E-state index in [2.05, 4.69) is 6.92 Å². The molecule has 0 aromatic heterocycles. The average molecular weight is 521 g/mol. The highest BCUT2D eigenvalue weighted by molar-refractivity contribution is 5.90. The Labute approximate surface area is 223 Å². The summed E-state index contributed by atoms with van der Waals surface area (Å²) in [6, 6.07) is 17.9. The molecule has 0 radical (unpaired) electrons. The van der Waals surface area contributed by atoms with Crippen LogP contribution in [0.3, 0.4) is 0 Å². The van der Waals surface area contributed by atoms with Gasteiger partial charge in [-0.15, -0.1) is 0 Å². The summed E-state index contributed by atoms with van der Waals surface area (Å²) in [6.07, 6.45) is -0.0338. The van der Waals surface area contributed by atoms with Crippen molar-refractivity contribution in [3.63, 3.8) is 0 Å². The lowest BCUT2D eigenvalue weighted by Gasteiger charge is -2.60. The molecule has 0 amide bonds. The number of rotatable bonds is 5. The number of fused-ring (bicyclic) bond motifs is 1. The van der Waals surface area contributed by atoms with Crippen LogP contribution in [0.25, 0.3) is 0 Å². The third-order valence-corrected chi connectivity index (χ3v) is 9.02. The van der Waals surface area contributed by atoms with Crippen LogP contribution < -0.4 is 0 Å². The Bertz CT molecular complexity index is 1210. The van der Waals surface area contributed by atoms with Crippen LogP contribution >= 0.6 is 0 Å². The molecule has 7 nitrogen and oxygen atoms in total. The molecule has 2 aliphatic carbocycles. The average Bonchev–Trinajstić information content (AvgIpc) is 3.05. The van der Waals surface area contributed by atoms with Crippen LogP contribution in [0, 0.1) is 17.3 Å². The molecule has 1 aliphatic heterocycles. The van der Waals surface area contributed by atoms with Gasteiger partial charge in [-0.25, -0.2) is 9.59 Å². The molecular weight excluding hydrogens is 484 g/mol. The molecule has 7 atom stereocenters. The van der Waals surface area contributed by atoms with Crippen molar-refractivity contribution in [1.29, 1.82) is 0 Å². The molecule has 0 unspecified atom stereocenters. The molecule has 2 saturated carbocycles. The SMILES string of the molecule is CC(=O)O[C@@H]1C[C@H](C)[C@@]23OC(C)(C)[C@@H](C[C@@H](OC(=O)c4ccccc4)[C@@]2(C)C1)[C@@H]3OC(=O)c1ccccc1. The summed E-state index contributed by atoms with van der Waals surface area (Å²) >= 11 is 0. The highest BCUT2D eigenvalue weighted by atomic mass is 16.6. The maximum atomic E-state index is 13.3. The predicted molar refractivity (Wildman–Crippen MR) is 139 cm³/mol. The Hall–Kier alpha value is -3.19. The van der Waals surface area contributed by atoms with Crippen molar-refractivity contribution in [3.8, 4) is 0 Å². The van der Waals surface area contributed by atoms with Crippen LogP contribution in [0.1, 0.15) is 74.6 Å². The van der Waals surface area contributed by atoms with Gasteiger partial charge in [0.05, 0.1) is 16.7 Å². The summed E-state index contributed by atoms with van der Waals surface area (Å²) in [5, 5.41) is 0. The van der Waals surface area contributed by atoms with Gasteiger partial charge >= 0.3 is 17.9 Å². The van der Waals surface area contributed by atoms with Gasteiger partial charge in [-0.1, -0.05) is 50.2 Å². The number of carbonyl (C=O) groups is 3. The fraction of sp³-hybridized carbons (Fsp3) is 0.516. The van der Waals surface area contributed by atoms with Crippen molar-refractivity contribution in [2.45, 2.75) is 83.4 Å². The zero-order valence-corrected chi connectivity index (χ0v) is 22.6. The van der Waals surface area contributed by atoms with Gasteiger partial charge < -0.3 is 18.9 Å². The van der Waals surface area contributed by atoms with E-state index in [0.29, 0.717) is 30.4 Å². The number of hydrogen-bond acceptors (Lipinski definition) is 7. The molecule has 2 aromatic carbocycles. The Balaban J connectivity index is 1.56. The van der Waals surface area contributed by atoms with E-state index >= 15 is 0 Å². The molecule has 0 N–H and O–H groups in total. The Morgan fingerprint density at radius 3 is 1.92 bits per heavy atom. The van der Waals surface area contributed by atoms with Crippen molar-refractivity contribution in [2.75, 3.05) is 0 Å². The first-order valence-electron chi connectivity index (χ1n) is 13.4. The van der Waals surface area contributed by atoms with Crippen molar-refractivity contribution in [1.82, 2.24) is 0 Å². The summed E-state index contributed by atoms with van der Waals surface area (Å²) < 4.78 is 25.3. The minimum Gasteiger partial charge on any atom is -0.463 e. The summed E-state index contributed by atoms with van der Waals surface area (Å²) in [5.74, 6) is -1.52. The molecular formula is C31H36O7. The van der Waals surface area contributed by atoms with E-state index in [1.54, 1.807) is 48.5 Å². The maximum absolute atomic E-state index is 13.3. The van der Waals surface area contributed by atoms with E-state index in [4.69, 9.17) is 18.9 Å². The smallest absolute Gasteiger partial charge is 0.338 e. The van der Waals surface area contributed by atoms with Gasteiger partial charge in [0.25, 0.3) is 0 Å². The molecule has 1 saturated heterocycles. The standard InChI is InChI=1S/C31H36O7/c1-19-16-23(35-20(2)32)18-30(5)25(36-27(33)21-12-8-6-9-13-21)17-24-26(31(19,30)38-29(24,3)4)37-28(34)22-14-10-7-11-15-22/h6-15,19,23-26H,16-18H2,1-5H3/t19-,23+,24-,25+,26-,30+,31-/m0/s1. The minimum absolute atomic E-state index is 0.151. The maximum Gasteiger partial charge on any atom is 0.338 e. The normalized spacial score (nSPS) is 35.0. The molecule has 3 fully saturated rings. The molecule has 2 bridgehead atoms. The monoisotopic (exact) mass is 520 g/mol. The highest BCUT2D eigenvalue weighted by Crippen LogP contribution is 2.67. The number of carbonyl (C=O) groups excluding carboxylic acids is 3. The van der Waals surface area contributed by atoms with Crippen molar-refractivity contribution in [3.05, 3.63) is 71.8 Å². The van der Waals surface area contributed by atoms with E-state index in [0.717, 1.165) is 0 Å². The summed E-state index contributed by atoms with van der Waals surface area (Å²) in [4.78, 5) is 38.6. The number of ether oxygens (including phenoxy) is 4. The third kappa shape index (κ3) is 4.21. The van der Waals surface area contributed by atoms with Gasteiger partial charge in [0, 0.05) is 18.3 Å². The van der Waals surface area contributed by atoms with Crippen LogP contribution in [-0.2, 0) is 23.7 Å². The Kier molecular flexibility index (Phi) is 6.62. The fourth-order valence-electron chi connectivity index (χ4n) is 7.39. The second-order valence-electron chi connectivity index (χ2n) is 11.8. The summed E-state index contributed by atoms with van der Waals surface area (Å²) in [6.45, 7) is 9.52. The zero-order valence-electron chi connectivity index (χ0n) is 22.6. The van der Waals surface area contributed by atoms with E-state index in [9.17, 15) is 14.4 Å². The first-order valence-corrected chi connectivity index (χ1v) is 13.4. The van der Waals surface area contributed by atoms with Crippen LogP contribution in [0.4, 0.5) is 0 Å². The van der Waals surface area contributed by atoms with E-state index in [-0.39, 0.29) is 23.9 Å².